The van der Waals surface area contributed by atoms with Gasteiger partial charge >= 0.3 is 11.1 Å². The van der Waals surface area contributed by atoms with Gasteiger partial charge < -0.3 is 30.2 Å². The molecular weight excluding hydrogens is 482 g/mol. The van der Waals surface area contributed by atoms with Crippen LogP contribution in [0.25, 0.3) is 11.0 Å². The molecule has 2 heterocycles. The summed E-state index contributed by atoms with van der Waals surface area (Å²) in [6.45, 7) is 5.62. The van der Waals surface area contributed by atoms with Gasteiger partial charge in [-0.1, -0.05) is 0 Å². The largest absolute Gasteiger partial charge is 0.507 e. The average Bonchev–Trinajstić information content (AvgIpc) is 3.11. The van der Waals surface area contributed by atoms with Crippen LogP contribution < -0.4 is 21.2 Å². The Labute approximate surface area is 208 Å². The van der Waals surface area contributed by atoms with E-state index in [9.17, 15) is 34.2 Å². The zero-order valence-corrected chi connectivity index (χ0v) is 20.2. The molecule has 11 nitrogen and oxygen atoms in total. The number of fused-ring (bicyclic) bond motifs is 4. The number of H-pyrrole nitrogens is 2. The number of aromatic nitrogens is 2. The van der Waals surface area contributed by atoms with Crippen molar-refractivity contribution in [1.82, 2.24) is 9.97 Å². The molecule has 0 amide bonds. The number of phenols is 2. The molecule has 5 rings (SSSR count). The second-order valence-corrected chi connectivity index (χ2v) is 9.18. The Hall–Kier alpha value is -4.93. The van der Waals surface area contributed by atoms with E-state index in [-0.39, 0.29) is 39.5 Å². The van der Waals surface area contributed by atoms with Crippen molar-refractivity contribution in [3.8, 4) is 17.2 Å². The number of ketones is 3. The Kier molecular flexibility index (Phi) is 5.01. The lowest BCUT2D eigenvalue weighted by Gasteiger charge is -2.29. The Morgan fingerprint density at radius 3 is 2.30 bits per heavy atom. The maximum atomic E-state index is 13.9. The molecule has 37 heavy (non-hydrogen) atoms. The van der Waals surface area contributed by atoms with Gasteiger partial charge in [-0.05, 0) is 45.9 Å². The minimum atomic E-state index is -1.64. The molecule has 188 valence electrons. The van der Waals surface area contributed by atoms with Crippen molar-refractivity contribution in [2.24, 2.45) is 0 Å². The van der Waals surface area contributed by atoms with Gasteiger partial charge in [0.25, 0.3) is 0 Å². The number of ether oxygens (including phenoxy) is 1. The fourth-order valence-corrected chi connectivity index (χ4v) is 4.83. The minimum Gasteiger partial charge on any atom is -0.507 e. The molecule has 0 bridgehead atoms. The molecule has 0 saturated carbocycles. The van der Waals surface area contributed by atoms with Crippen molar-refractivity contribution >= 4 is 34.1 Å². The van der Waals surface area contributed by atoms with E-state index in [1.165, 1.54) is 33.8 Å². The van der Waals surface area contributed by atoms with Crippen molar-refractivity contribution < 1.29 is 29.3 Å². The van der Waals surface area contributed by atoms with Gasteiger partial charge in [-0.3, -0.25) is 24.0 Å². The molecule has 1 atom stereocenters. The maximum Gasteiger partial charge on any atom is 0.314 e. The molecule has 0 radical (unpaired) electrons. The van der Waals surface area contributed by atoms with Crippen LogP contribution in [0.2, 0.25) is 0 Å². The number of allylic oxidation sites excluding steroid dienone is 4. The predicted molar refractivity (Wildman–Crippen MR) is 132 cm³/mol. The molecule has 0 fully saturated rings. The predicted octanol–water partition coefficient (Wildman–Crippen LogP) is 2.21. The van der Waals surface area contributed by atoms with Crippen LogP contribution in [-0.2, 0) is 15.0 Å². The van der Waals surface area contributed by atoms with E-state index in [1.807, 2.05) is 0 Å². The zero-order chi connectivity index (χ0) is 27.0. The molecule has 1 aromatic heterocycles. The molecule has 1 aliphatic carbocycles. The third-order valence-corrected chi connectivity index (χ3v) is 6.81. The van der Waals surface area contributed by atoms with Crippen molar-refractivity contribution in [2.45, 2.75) is 33.1 Å². The smallest absolute Gasteiger partial charge is 0.314 e. The highest BCUT2D eigenvalue weighted by molar-refractivity contribution is 6.31. The third kappa shape index (κ3) is 3.24. The summed E-state index contributed by atoms with van der Waals surface area (Å²) in [7, 11) is 0. The van der Waals surface area contributed by atoms with Crippen molar-refractivity contribution in [3.05, 3.63) is 78.7 Å². The van der Waals surface area contributed by atoms with Crippen LogP contribution in [0, 0.1) is 6.92 Å². The van der Waals surface area contributed by atoms with Gasteiger partial charge in [-0.25, -0.2) is 0 Å². The van der Waals surface area contributed by atoms with Crippen molar-refractivity contribution in [2.75, 3.05) is 5.32 Å². The van der Waals surface area contributed by atoms with Gasteiger partial charge in [-0.2, -0.15) is 0 Å². The number of hydrogen-bond acceptors (Lipinski definition) is 9. The van der Waals surface area contributed by atoms with Gasteiger partial charge in [0, 0.05) is 23.0 Å². The van der Waals surface area contributed by atoms with Crippen LogP contribution in [0.4, 0.5) is 5.69 Å². The first kappa shape index (κ1) is 23.8. The highest BCUT2D eigenvalue weighted by atomic mass is 16.5. The third-order valence-electron chi connectivity index (χ3n) is 6.81. The second-order valence-electron chi connectivity index (χ2n) is 9.18. The zero-order valence-electron chi connectivity index (χ0n) is 20.2. The lowest BCUT2D eigenvalue weighted by molar-refractivity contribution is -0.123. The van der Waals surface area contributed by atoms with E-state index >= 15 is 0 Å². The fraction of sp³-hybridized carbons (Fsp3) is 0.192. The minimum absolute atomic E-state index is 0.00305. The number of phenolic OH excluding ortho intramolecular Hbond substituents is 2. The van der Waals surface area contributed by atoms with Crippen LogP contribution in [0.5, 0.6) is 17.2 Å². The van der Waals surface area contributed by atoms with E-state index in [2.05, 4.69) is 15.3 Å². The highest BCUT2D eigenvalue weighted by Gasteiger charge is 2.56. The quantitative estimate of drug-likeness (QED) is 0.155. The summed E-state index contributed by atoms with van der Waals surface area (Å²) < 4.78 is 5.75. The van der Waals surface area contributed by atoms with E-state index < -0.39 is 45.4 Å². The first-order chi connectivity index (χ1) is 17.4. The number of carbonyl (C=O) groups excluding carboxylic acids is 3. The number of aromatic hydroxyl groups is 2. The second kappa shape index (κ2) is 7.79. The lowest BCUT2D eigenvalue weighted by Crippen LogP contribution is -2.40. The first-order valence-electron chi connectivity index (χ1n) is 11.2. The van der Waals surface area contributed by atoms with Gasteiger partial charge in [-0.15, -0.1) is 0 Å². The molecule has 11 heteroatoms. The SMILES string of the molecule is CC(=O)c1c(O)c(C)c(O)c2c1OC1=CC(=O)/C(=C(/C)Nc3ccc4[nH]c(=O)c(=O)[nH]c4c3)C(=O)[C@@]12C. The van der Waals surface area contributed by atoms with Crippen LogP contribution in [0.1, 0.15) is 42.3 Å². The molecule has 0 saturated heterocycles. The van der Waals surface area contributed by atoms with Gasteiger partial charge in [0.15, 0.2) is 17.3 Å². The van der Waals surface area contributed by atoms with Crippen LogP contribution >= 0.6 is 0 Å². The number of rotatable bonds is 3. The highest BCUT2D eigenvalue weighted by Crippen LogP contribution is 2.57. The van der Waals surface area contributed by atoms with E-state index in [1.54, 1.807) is 12.1 Å². The Balaban J connectivity index is 1.64. The van der Waals surface area contributed by atoms with Gasteiger partial charge in [0.1, 0.15) is 34.0 Å². The Bertz CT molecular complexity index is 1790. The van der Waals surface area contributed by atoms with E-state index in [0.717, 1.165) is 6.08 Å². The maximum absolute atomic E-state index is 13.9. The number of carbonyl (C=O) groups is 3. The number of Topliss-reactive ketones (excluding diaryl/α,β-unsaturated/α-hetero) is 2. The molecule has 2 aromatic carbocycles. The molecular formula is C26H21N3O8. The standard InChI is InChI=1S/C26H21N3O8/c1-9-20(32)18(11(3)30)22-19(21(9)33)26(4)16(37-22)8-15(31)17(23(26)34)10(2)27-12-5-6-13-14(7-12)29-25(36)24(35)28-13/h5-8,27,32-33H,1-4H3,(H,28,35)(H,29,36)/b17-10+/t26-/m0/s1. The summed E-state index contributed by atoms with van der Waals surface area (Å²) in [6.07, 6.45) is 1.13. The summed E-state index contributed by atoms with van der Waals surface area (Å²) in [5, 5.41) is 24.3. The van der Waals surface area contributed by atoms with Crippen LogP contribution in [0.3, 0.4) is 0 Å². The van der Waals surface area contributed by atoms with Gasteiger partial charge in [0.05, 0.1) is 22.2 Å². The molecule has 1 aliphatic heterocycles. The number of nitrogens with one attached hydrogen (secondary N) is 3. The van der Waals surface area contributed by atoms with E-state index in [0.29, 0.717) is 16.7 Å². The topological polar surface area (TPSA) is 179 Å². The summed E-state index contributed by atoms with van der Waals surface area (Å²) in [4.78, 5) is 67.4. The van der Waals surface area contributed by atoms with Crippen molar-refractivity contribution in [3.63, 3.8) is 0 Å². The summed E-state index contributed by atoms with van der Waals surface area (Å²) >= 11 is 0. The number of aromatic amines is 2. The number of hydrogen-bond donors (Lipinski definition) is 5. The summed E-state index contributed by atoms with van der Waals surface area (Å²) in [5.41, 5.74) is -2.32. The Morgan fingerprint density at radius 1 is 1.00 bits per heavy atom. The first-order valence-corrected chi connectivity index (χ1v) is 11.2. The lowest BCUT2D eigenvalue weighted by atomic mass is 9.70. The molecule has 5 N–H and O–H groups in total. The molecule has 3 aromatic rings. The Morgan fingerprint density at radius 2 is 1.65 bits per heavy atom. The summed E-state index contributed by atoms with van der Waals surface area (Å²) in [6, 6.07) is 4.67. The van der Waals surface area contributed by atoms with Crippen molar-refractivity contribution in [1.29, 1.82) is 0 Å². The normalized spacial score (nSPS) is 19.7. The average molecular weight is 503 g/mol. The molecule has 0 spiro atoms. The number of benzene rings is 2. The molecule has 2 aliphatic rings. The monoisotopic (exact) mass is 503 g/mol. The van der Waals surface area contributed by atoms with E-state index in [4.69, 9.17) is 4.74 Å². The van der Waals surface area contributed by atoms with Crippen LogP contribution in [-0.4, -0.2) is 37.5 Å². The summed E-state index contributed by atoms with van der Waals surface area (Å²) in [5.74, 6) is -2.97. The number of anilines is 1. The molecule has 0 unspecified atom stereocenters. The van der Waals surface area contributed by atoms with Crippen LogP contribution in [0.15, 0.2) is 50.9 Å². The van der Waals surface area contributed by atoms with Gasteiger partial charge in [0.2, 0.25) is 0 Å². The fourth-order valence-electron chi connectivity index (χ4n) is 4.83.